The van der Waals surface area contributed by atoms with Crippen molar-refractivity contribution >= 4 is 16.7 Å². The summed E-state index contributed by atoms with van der Waals surface area (Å²) < 4.78 is 5.06. The standard InChI is InChI=1S/C16H17N7O2/c1-3-22-15(25)11-6-4-5-7-13(11)23-14(18-19-16(22)23)9-21-8-12(10(2)24)17-20-21/h4-8,10,24H,3,9H2,1-2H3. The van der Waals surface area contributed by atoms with E-state index < -0.39 is 6.10 Å². The molecule has 0 aliphatic rings. The van der Waals surface area contributed by atoms with Crippen LogP contribution in [0.25, 0.3) is 16.7 Å². The average molecular weight is 339 g/mol. The van der Waals surface area contributed by atoms with Gasteiger partial charge in [0.2, 0.25) is 5.78 Å². The fourth-order valence-electron chi connectivity index (χ4n) is 2.93. The van der Waals surface area contributed by atoms with Gasteiger partial charge < -0.3 is 5.11 Å². The summed E-state index contributed by atoms with van der Waals surface area (Å²) in [6, 6.07) is 7.39. The maximum atomic E-state index is 12.6. The Labute approximate surface area is 142 Å². The summed E-state index contributed by atoms with van der Waals surface area (Å²) in [7, 11) is 0. The van der Waals surface area contributed by atoms with Gasteiger partial charge in [0.05, 0.1) is 23.2 Å². The molecule has 128 valence electrons. The number of hydrogen-bond acceptors (Lipinski definition) is 6. The molecule has 0 fully saturated rings. The number of aromatic nitrogens is 7. The number of aliphatic hydroxyl groups is 1. The maximum absolute atomic E-state index is 12.6. The van der Waals surface area contributed by atoms with E-state index in [1.807, 2.05) is 29.5 Å². The van der Waals surface area contributed by atoms with Crippen LogP contribution in [0.1, 0.15) is 31.5 Å². The van der Waals surface area contributed by atoms with Gasteiger partial charge in [-0.05, 0) is 26.0 Å². The lowest BCUT2D eigenvalue weighted by atomic mass is 10.2. The molecular weight excluding hydrogens is 322 g/mol. The van der Waals surface area contributed by atoms with Crippen LogP contribution in [0.15, 0.2) is 35.3 Å². The third-order valence-electron chi connectivity index (χ3n) is 4.18. The predicted molar refractivity (Wildman–Crippen MR) is 90.2 cm³/mol. The van der Waals surface area contributed by atoms with E-state index in [9.17, 15) is 9.90 Å². The lowest BCUT2D eigenvalue weighted by Gasteiger charge is -2.09. The van der Waals surface area contributed by atoms with Gasteiger partial charge in [-0.15, -0.1) is 15.3 Å². The van der Waals surface area contributed by atoms with Crippen LogP contribution < -0.4 is 5.56 Å². The summed E-state index contributed by atoms with van der Waals surface area (Å²) in [4.78, 5) is 12.6. The minimum atomic E-state index is -0.685. The van der Waals surface area contributed by atoms with Gasteiger partial charge in [0.25, 0.3) is 5.56 Å². The topological polar surface area (TPSA) is 103 Å². The molecule has 0 saturated heterocycles. The first-order chi connectivity index (χ1) is 12.1. The Morgan fingerprint density at radius 3 is 2.72 bits per heavy atom. The molecule has 1 atom stereocenters. The number of para-hydroxylation sites is 1. The van der Waals surface area contributed by atoms with Crippen molar-refractivity contribution in [2.24, 2.45) is 0 Å². The largest absolute Gasteiger partial charge is 0.387 e. The smallest absolute Gasteiger partial charge is 0.262 e. The molecular formula is C16H17N7O2. The first kappa shape index (κ1) is 15.5. The molecule has 1 aromatic carbocycles. The zero-order valence-corrected chi connectivity index (χ0v) is 13.9. The Kier molecular flexibility index (Phi) is 3.57. The third kappa shape index (κ3) is 2.40. The molecule has 0 bridgehead atoms. The first-order valence-corrected chi connectivity index (χ1v) is 8.03. The molecule has 4 aromatic rings. The monoisotopic (exact) mass is 339 g/mol. The van der Waals surface area contributed by atoms with Crippen molar-refractivity contribution in [3.8, 4) is 0 Å². The van der Waals surface area contributed by atoms with E-state index in [1.165, 1.54) is 0 Å². The lowest BCUT2D eigenvalue weighted by molar-refractivity contribution is 0.194. The van der Waals surface area contributed by atoms with Crippen LogP contribution in [-0.2, 0) is 13.1 Å². The summed E-state index contributed by atoms with van der Waals surface area (Å²) >= 11 is 0. The number of nitrogens with zero attached hydrogens (tertiary/aromatic N) is 7. The first-order valence-electron chi connectivity index (χ1n) is 8.03. The van der Waals surface area contributed by atoms with Crippen LogP contribution in [-0.4, -0.2) is 39.3 Å². The average Bonchev–Trinajstić information content (AvgIpc) is 3.24. The fourth-order valence-corrected chi connectivity index (χ4v) is 2.93. The van der Waals surface area contributed by atoms with Gasteiger partial charge in [0, 0.05) is 6.54 Å². The molecule has 1 N–H and O–H groups in total. The summed E-state index contributed by atoms with van der Waals surface area (Å²) in [5.41, 5.74) is 1.16. The van der Waals surface area contributed by atoms with Gasteiger partial charge in [-0.25, -0.2) is 4.68 Å². The van der Waals surface area contributed by atoms with Crippen molar-refractivity contribution in [1.82, 2.24) is 34.2 Å². The molecule has 0 spiro atoms. The van der Waals surface area contributed by atoms with Gasteiger partial charge >= 0.3 is 0 Å². The SMILES string of the molecule is CCn1c(=O)c2ccccc2n2c(Cn3cc(C(C)O)nn3)nnc12. The number of aliphatic hydroxyl groups excluding tert-OH is 1. The molecule has 0 aliphatic heterocycles. The molecule has 9 nitrogen and oxygen atoms in total. The van der Waals surface area contributed by atoms with Gasteiger partial charge in [-0.1, -0.05) is 17.3 Å². The second kappa shape index (κ2) is 5.78. The highest BCUT2D eigenvalue weighted by molar-refractivity contribution is 5.80. The van der Waals surface area contributed by atoms with Crippen LogP contribution in [0.2, 0.25) is 0 Å². The van der Waals surface area contributed by atoms with Crippen LogP contribution >= 0.6 is 0 Å². The van der Waals surface area contributed by atoms with Crippen LogP contribution in [0.3, 0.4) is 0 Å². The van der Waals surface area contributed by atoms with E-state index in [0.29, 0.717) is 35.8 Å². The van der Waals surface area contributed by atoms with Gasteiger partial charge in [0.15, 0.2) is 5.82 Å². The second-order valence-electron chi connectivity index (χ2n) is 5.84. The van der Waals surface area contributed by atoms with E-state index >= 15 is 0 Å². The Balaban J connectivity index is 1.93. The summed E-state index contributed by atoms with van der Waals surface area (Å²) in [6.07, 6.45) is 0.985. The van der Waals surface area contributed by atoms with E-state index in [-0.39, 0.29) is 5.56 Å². The second-order valence-corrected chi connectivity index (χ2v) is 5.84. The molecule has 9 heteroatoms. The quantitative estimate of drug-likeness (QED) is 0.589. The van der Waals surface area contributed by atoms with Crippen LogP contribution in [0, 0.1) is 0 Å². The number of benzene rings is 1. The maximum Gasteiger partial charge on any atom is 0.262 e. The fraction of sp³-hybridized carbons (Fsp3) is 0.312. The molecule has 3 heterocycles. The van der Waals surface area contributed by atoms with Crippen molar-refractivity contribution < 1.29 is 5.11 Å². The van der Waals surface area contributed by atoms with Crippen LogP contribution in [0.4, 0.5) is 0 Å². The molecule has 25 heavy (non-hydrogen) atoms. The number of hydrogen-bond donors (Lipinski definition) is 1. The lowest BCUT2D eigenvalue weighted by Crippen LogP contribution is -2.23. The molecule has 0 radical (unpaired) electrons. The Morgan fingerprint density at radius 1 is 1.20 bits per heavy atom. The highest BCUT2D eigenvalue weighted by atomic mass is 16.3. The van der Waals surface area contributed by atoms with Crippen molar-refractivity contribution in [2.75, 3.05) is 0 Å². The predicted octanol–water partition coefficient (Wildman–Crippen LogP) is 0.757. The number of aryl methyl sites for hydroxylation is 1. The summed E-state index contributed by atoms with van der Waals surface area (Å²) in [5.74, 6) is 1.13. The molecule has 0 saturated carbocycles. The highest BCUT2D eigenvalue weighted by Gasteiger charge is 2.16. The third-order valence-corrected chi connectivity index (χ3v) is 4.18. The minimum absolute atomic E-state index is 0.0818. The molecule has 4 rings (SSSR count). The zero-order valence-electron chi connectivity index (χ0n) is 13.9. The van der Waals surface area contributed by atoms with Crippen molar-refractivity contribution in [3.05, 3.63) is 52.3 Å². The van der Waals surface area contributed by atoms with Gasteiger partial charge in [-0.3, -0.25) is 13.8 Å². The van der Waals surface area contributed by atoms with Gasteiger partial charge in [-0.2, -0.15) is 0 Å². The molecule has 0 aliphatic carbocycles. The molecule has 3 aromatic heterocycles. The van der Waals surface area contributed by atoms with Crippen molar-refractivity contribution in [2.45, 2.75) is 33.0 Å². The summed E-state index contributed by atoms with van der Waals surface area (Å²) in [6.45, 7) is 4.36. The highest BCUT2D eigenvalue weighted by Crippen LogP contribution is 2.15. The van der Waals surface area contributed by atoms with E-state index in [1.54, 1.807) is 28.4 Å². The normalized spacial score (nSPS) is 12.9. The Hall–Kier alpha value is -3.07. The minimum Gasteiger partial charge on any atom is -0.387 e. The van der Waals surface area contributed by atoms with E-state index in [2.05, 4.69) is 20.5 Å². The van der Waals surface area contributed by atoms with Gasteiger partial charge in [0.1, 0.15) is 12.2 Å². The number of rotatable bonds is 4. The number of fused-ring (bicyclic) bond motifs is 3. The van der Waals surface area contributed by atoms with Crippen molar-refractivity contribution in [3.63, 3.8) is 0 Å². The van der Waals surface area contributed by atoms with E-state index in [0.717, 1.165) is 5.52 Å². The Morgan fingerprint density at radius 2 is 2.00 bits per heavy atom. The molecule has 0 amide bonds. The molecule has 1 unspecified atom stereocenters. The zero-order chi connectivity index (χ0) is 17.6. The van der Waals surface area contributed by atoms with Crippen LogP contribution in [0.5, 0.6) is 0 Å². The summed E-state index contributed by atoms with van der Waals surface area (Å²) in [5, 5.41) is 26.6. The van der Waals surface area contributed by atoms with E-state index in [4.69, 9.17) is 0 Å². The van der Waals surface area contributed by atoms with Crippen molar-refractivity contribution in [1.29, 1.82) is 0 Å². The Bertz CT molecular complexity index is 1120.